The Labute approximate surface area is 124 Å². The lowest BCUT2D eigenvalue weighted by atomic mass is 10.1. The molecule has 0 aliphatic heterocycles. The van der Waals surface area contributed by atoms with Crippen LogP contribution in [-0.2, 0) is 19.6 Å². The van der Waals surface area contributed by atoms with E-state index in [0.717, 1.165) is 18.7 Å². The number of hydrogen-bond acceptors (Lipinski definition) is 5. The Morgan fingerprint density at radius 3 is 2.81 bits per heavy atom. The van der Waals surface area contributed by atoms with Gasteiger partial charge in [0, 0.05) is 24.6 Å². The van der Waals surface area contributed by atoms with Crippen LogP contribution < -0.4 is 10.1 Å². The van der Waals surface area contributed by atoms with Gasteiger partial charge in [0.2, 0.25) is 5.89 Å². The number of nitrogens with zero attached hydrogens (tertiary/aromatic N) is 2. The standard InChI is InChI=1S/C16H21N3O2/c1-3-15-18-19-16(21-15)10-20-14-7-4-11(2)8-12(14)9-17-13-5-6-13/h4,7-8,13,17H,3,5-6,9-10H2,1-2H3. The second-order valence-corrected chi connectivity index (χ2v) is 5.50. The van der Waals surface area contributed by atoms with Crippen LogP contribution in [0.1, 0.15) is 42.7 Å². The summed E-state index contributed by atoms with van der Waals surface area (Å²) in [4.78, 5) is 0. The Kier molecular flexibility index (Phi) is 4.20. The first-order valence-corrected chi connectivity index (χ1v) is 7.51. The lowest BCUT2D eigenvalue weighted by Gasteiger charge is -2.12. The molecule has 1 saturated carbocycles. The van der Waals surface area contributed by atoms with Gasteiger partial charge < -0.3 is 14.5 Å². The van der Waals surface area contributed by atoms with Gasteiger partial charge in [-0.1, -0.05) is 24.6 Å². The molecule has 1 aromatic carbocycles. The molecule has 1 N–H and O–H groups in total. The van der Waals surface area contributed by atoms with Gasteiger partial charge in [-0.3, -0.25) is 0 Å². The molecule has 1 aliphatic carbocycles. The van der Waals surface area contributed by atoms with E-state index in [4.69, 9.17) is 9.15 Å². The lowest BCUT2D eigenvalue weighted by molar-refractivity contribution is 0.256. The van der Waals surface area contributed by atoms with Gasteiger partial charge in [0.25, 0.3) is 5.89 Å². The lowest BCUT2D eigenvalue weighted by Crippen LogP contribution is -2.16. The molecule has 0 radical (unpaired) electrons. The molecule has 1 aliphatic rings. The van der Waals surface area contributed by atoms with E-state index in [2.05, 4.69) is 34.6 Å². The van der Waals surface area contributed by atoms with E-state index in [1.54, 1.807) is 0 Å². The topological polar surface area (TPSA) is 60.2 Å². The van der Waals surface area contributed by atoms with Crippen molar-refractivity contribution in [1.29, 1.82) is 0 Å². The summed E-state index contributed by atoms with van der Waals surface area (Å²) >= 11 is 0. The van der Waals surface area contributed by atoms with Crippen molar-refractivity contribution in [2.75, 3.05) is 0 Å². The van der Waals surface area contributed by atoms with Gasteiger partial charge in [-0.05, 0) is 25.8 Å². The van der Waals surface area contributed by atoms with Crippen LogP contribution >= 0.6 is 0 Å². The van der Waals surface area contributed by atoms with Gasteiger partial charge >= 0.3 is 0 Å². The van der Waals surface area contributed by atoms with Crippen LogP contribution in [0.15, 0.2) is 22.6 Å². The molecule has 21 heavy (non-hydrogen) atoms. The predicted octanol–water partition coefficient (Wildman–Crippen LogP) is 2.77. The van der Waals surface area contributed by atoms with Crippen LogP contribution in [0.4, 0.5) is 0 Å². The Morgan fingerprint density at radius 2 is 2.10 bits per heavy atom. The number of nitrogens with one attached hydrogen (secondary N) is 1. The van der Waals surface area contributed by atoms with Gasteiger partial charge in [0.05, 0.1) is 0 Å². The molecule has 5 nitrogen and oxygen atoms in total. The van der Waals surface area contributed by atoms with Crippen LogP contribution in [-0.4, -0.2) is 16.2 Å². The zero-order valence-electron chi connectivity index (χ0n) is 12.6. The maximum absolute atomic E-state index is 5.85. The minimum Gasteiger partial charge on any atom is -0.483 e. The Morgan fingerprint density at radius 1 is 1.29 bits per heavy atom. The summed E-state index contributed by atoms with van der Waals surface area (Å²) in [5, 5.41) is 11.4. The molecule has 0 saturated heterocycles. The summed E-state index contributed by atoms with van der Waals surface area (Å²) in [6, 6.07) is 6.91. The van der Waals surface area contributed by atoms with E-state index < -0.39 is 0 Å². The summed E-state index contributed by atoms with van der Waals surface area (Å²) in [6.45, 7) is 5.23. The first-order valence-electron chi connectivity index (χ1n) is 7.51. The van der Waals surface area contributed by atoms with Gasteiger partial charge in [0.15, 0.2) is 6.61 Å². The molecule has 1 aromatic heterocycles. The van der Waals surface area contributed by atoms with Crippen molar-refractivity contribution >= 4 is 0 Å². The highest BCUT2D eigenvalue weighted by atomic mass is 16.5. The summed E-state index contributed by atoms with van der Waals surface area (Å²) in [7, 11) is 0. The van der Waals surface area contributed by atoms with E-state index in [-0.39, 0.29) is 0 Å². The Hall–Kier alpha value is -1.88. The number of rotatable bonds is 7. The monoisotopic (exact) mass is 287 g/mol. The third-order valence-electron chi connectivity index (χ3n) is 3.54. The van der Waals surface area contributed by atoms with E-state index in [0.29, 0.717) is 24.4 Å². The maximum atomic E-state index is 5.85. The summed E-state index contributed by atoms with van der Waals surface area (Å²) in [5.41, 5.74) is 2.41. The first kappa shape index (κ1) is 14.1. The van der Waals surface area contributed by atoms with Crippen LogP contribution in [0.25, 0.3) is 0 Å². The molecule has 1 fully saturated rings. The zero-order valence-corrected chi connectivity index (χ0v) is 12.6. The smallest absolute Gasteiger partial charge is 0.253 e. The van der Waals surface area contributed by atoms with Crippen LogP contribution in [0, 0.1) is 6.92 Å². The second-order valence-electron chi connectivity index (χ2n) is 5.50. The normalized spacial score (nSPS) is 14.4. The Bertz CT molecular complexity index is 605. The van der Waals surface area contributed by atoms with E-state index >= 15 is 0 Å². The summed E-state index contributed by atoms with van der Waals surface area (Å²) < 4.78 is 11.3. The van der Waals surface area contributed by atoms with Crippen molar-refractivity contribution in [3.8, 4) is 5.75 Å². The van der Waals surface area contributed by atoms with Crippen LogP contribution in [0.5, 0.6) is 5.75 Å². The third-order valence-corrected chi connectivity index (χ3v) is 3.54. The highest BCUT2D eigenvalue weighted by molar-refractivity contribution is 5.37. The molecule has 1 heterocycles. The molecule has 0 spiro atoms. The average molecular weight is 287 g/mol. The minimum atomic E-state index is 0.312. The predicted molar refractivity (Wildman–Crippen MR) is 79.0 cm³/mol. The maximum Gasteiger partial charge on any atom is 0.253 e. The highest BCUT2D eigenvalue weighted by Gasteiger charge is 2.20. The third kappa shape index (κ3) is 3.82. The molecule has 3 rings (SSSR count). The minimum absolute atomic E-state index is 0.312. The fraction of sp³-hybridized carbons (Fsp3) is 0.500. The second kappa shape index (κ2) is 6.26. The fourth-order valence-electron chi connectivity index (χ4n) is 2.16. The quantitative estimate of drug-likeness (QED) is 0.848. The van der Waals surface area contributed by atoms with Gasteiger partial charge in [-0.15, -0.1) is 10.2 Å². The molecule has 2 aromatic rings. The highest BCUT2D eigenvalue weighted by Crippen LogP contribution is 2.24. The SMILES string of the molecule is CCc1nnc(COc2ccc(C)cc2CNC2CC2)o1. The molecule has 5 heteroatoms. The number of aryl methyl sites for hydroxylation is 2. The summed E-state index contributed by atoms with van der Waals surface area (Å²) in [5.74, 6) is 2.05. The number of ether oxygens (including phenoxy) is 1. The molecular weight excluding hydrogens is 266 g/mol. The first-order chi connectivity index (χ1) is 10.2. The molecule has 0 bridgehead atoms. The number of benzene rings is 1. The van der Waals surface area contributed by atoms with E-state index in [1.807, 2.05) is 13.0 Å². The van der Waals surface area contributed by atoms with Crippen LogP contribution in [0.3, 0.4) is 0 Å². The van der Waals surface area contributed by atoms with Crippen molar-refractivity contribution in [2.24, 2.45) is 0 Å². The van der Waals surface area contributed by atoms with E-state index in [9.17, 15) is 0 Å². The van der Waals surface area contributed by atoms with Crippen molar-refractivity contribution in [2.45, 2.75) is 52.3 Å². The molecule has 0 amide bonds. The van der Waals surface area contributed by atoms with Gasteiger partial charge in [-0.2, -0.15) is 0 Å². The largest absolute Gasteiger partial charge is 0.483 e. The molecule has 0 atom stereocenters. The van der Waals surface area contributed by atoms with Gasteiger partial charge in [-0.25, -0.2) is 0 Å². The fourth-order valence-corrected chi connectivity index (χ4v) is 2.16. The van der Waals surface area contributed by atoms with Gasteiger partial charge in [0.1, 0.15) is 5.75 Å². The average Bonchev–Trinajstić information content (AvgIpc) is 3.21. The zero-order chi connectivity index (χ0) is 14.7. The number of aromatic nitrogens is 2. The molecular formula is C16H21N3O2. The van der Waals surface area contributed by atoms with Crippen molar-refractivity contribution in [3.05, 3.63) is 41.1 Å². The van der Waals surface area contributed by atoms with E-state index in [1.165, 1.54) is 24.0 Å². The van der Waals surface area contributed by atoms with Crippen molar-refractivity contribution in [3.63, 3.8) is 0 Å². The van der Waals surface area contributed by atoms with Crippen molar-refractivity contribution in [1.82, 2.24) is 15.5 Å². The number of hydrogen-bond donors (Lipinski definition) is 1. The van der Waals surface area contributed by atoms with Crippen LogP contribution in [0.2, 0.25) is 0 Å². The molecule has 112 valence electrons. The van der Waals surface area contributed by atoms with Crippen molar-refractivity contribution < 1.29 is 9.15 Å². The molecule has 0 unspecified atom stereocenters. The summed E-state index contributed by atoms with van der Waals surface area (Å²) in [6.07, 6.45) is 3.31. The Balaban J connectivity index is 1.65.